The lowest BCUT2D eigenvalue weighted by molar-refractivity contribution is 0.307. The number of benzene rings is 3. The molecule has 0 saturated heterocycles. The molecule has 110 valence electrons. The molecule has 0 saturated carbocycles. The summed E-state index contributed by atoms with van der Waals surface area (Å²) in [4.78, 5) is 0. The van der Waals surface area contributed by atoms with E-state index in [0.29, 0.717) is 12.4 Å². The topological polar surface area (TPSA) is 29.5 Å². The number of aryl methyl sites for hydroxylation is 1. The molecular weight excluding hydrogens is 272 g/mol. The van der Waals surface area contributed by atoms with Crippen LogP contribution in [-0.2, 0) is 6.61 Å². The van der Waals surface area contributed by atoms with Gasteiger partial charge in [-0.2, -0.15) is 0 Å². The molecule has 3 aromatic rings. The maximum atomic E-state index is 9.92. The van der Waals surface area contributed by atoms with Crippen molar-refractivity contribution in [1.29, 1.82) is 0 Å². The van der Waals surface area contributed by atoms with E-state index < -0.39 is 0 Å². The molecule has 0 aliphatic carbocycles. The number of para-hydroxylation sites is 1. The summed E-state index contributed by atoms with van der Waals surface area (Å²) in [6.07, 6.45) is 0. The van der Waals surface area contributed by atoms with Gasteiger partial charge in [-0.05, 0) is 35.7 Å². The van der Waals surface area contributed by atoms with Gasteiger partial charge in [-0.15, -0.1) is 0 Å². The van der Waals surface area contributed by atoms with E-state index in [2.05, 4.69) is 0 Å². The summed E-state index contributed by atoms with van der Waals surface area (Å²) in [5, 5.41) is 9.92. The molecule has 1 N–H and O–H groups in total. The first kappa shape index (κ1) is 14.2. The van der Waals surface area contributed by atoms with Crippen LogP contribution in [0.1, 0.15) is 11.1 Å². The molecule has 0 spiro atoms. The van der Waals surface area contributed by atoms with Crippen molar-refractivity contribution in [2.45, 2.75) is 13.5 Å². The fourth-order valence-electron chi connectivity index (χ4n) is 2.34. The van der Waals surface area contributed by atoms with Crippen LogP contribution in [0.5, 0.6) is 11.5 Å². The van der Waals surface area contributed by atoms with Gasteiger partial charge in [-0.25, -0.2) is 0 Å². The monoisotopic (exact) mass is 290 g/mol. The number of hydrogen-bond acceptors (Lipinski definition) is 2. The number of aromatic hydroxyl groups is 1. The average Bonchev–Trinajstić information content (AvgIpc) is 2.57. The second-order valence-corrected chi connectivity index (χ2v) is 5.27. The van der Waals surface area contributed by atoms with E-state index in [-0.39, 0.29) is 0 Å². The van der Waals surface area contributed by atoms with Gasteiger partial charge in [0.2, 0.25) is 0 Å². The smallest absolute Gasteiger partial charge is 0.127 e. The molecule has 0 atom stereocenters. The molecule has 2 nitrogen and oxygen atoms in total. The summed E-state index contributed by atoms with van der Waals surface area (Å²) < 4.78 is 5.97. The molecule has 2 heteroatoms. The van der Waals surface area contributed by atoms with Crippen LogP contribution >= 0.6 is 0 Å². The summed E-state index contributed by atoms with van der Waals surface area (Å²) in [6, 6.07) is 23.7. The van der Waals surface area contributed by atoms with Gasteiger partial charge in [0.25, 0.3) is 0 Å². The van der Waals surface area contributed by atoms with Crippen LogP contribution in [0.2, 0.25) is 0 Å². The van der Waals surface area contributed by atoms with E-state index in [9.17, 15) is 5.11 Å². The molecule has 0 aliphatic heterocycles. The third kappa shape index (κ3) is 3.12. The zero-order valence-corrected chi connectivity index (χ0v) is 12.5. The number of hydrogen-bond donors (Lipinski definition) is 1. The molecule has 0 fully saturated rings. The Labute approximate surface area is 130 Å². The van der Waals surface area contributed by atoms with Crippen molar-refractivity contribution in [1.82, 2.24) is 0 Å². The minimum Gasteiger partial charge on any atom is -0.508 e. The zero-order valence-electron chi connectivity index (χ0n) is 12.5. The van der Waals surface area contributed by atoms with Crippen molar-refractivity contribution in [3.8, 4) is 22.6 Å². The van der Waals surface area contributed by atoms with Crippen molar-refractivity contribution in [2.24, 2.45) is 0 Å². The van der Waals surface area contributed by atoms with Crippen molar-refractivity contribution in [3.05, 3.63) is 83.9 Å². The van der Waals surface area contributed by atoms with Gasteiger partial charge >= 0.3 is 0 Å². The molecule has 3 rings (SSSR count). The van der Waals surface area contributed by atoms with Crippen molar-refractivity contribution >= 4 is 0 Å². The molecule has 0 bridgehead atoms. The molecule has 0 radical (unpaired) electrons. The zero-order chi connectivity index (χ0) is 15.4. The predicted octanol–water partition coefficient (Wildman–Crippen LogP) is 4.95. The third-order valence-electron chi connectivity index (χ3n) is 3.64. The van der Waals surface area contributed by atoms with Crippen molar-refractivity contribution in [3.63, 3.8) is 0 Å². The highest BCUT2D eigenvalue weighted by Crippen LogP contribution is 2.33. The Balaban J connectivity index is 1.88. The normalized spacial score (nSPS) is 10.4. The highest BCUT2D eigenvalue weighted by molar-refractivity contribution is 5.72. The lowest BCUT2D eigenvalue weighted by Crippen LogP contribution is -1.96. The van der Waals surface area contributed by atoms with E-state index in [1.165, 1.54) is 0 Å². The molecule has 0 aliphatic rings. The van der Waals surface area contributed by atoms with Crippen molar-refractivity contribution in [2.75, 3.05) is 0 Å². The standard InChI is InChI=1S/C20H18O2/c1-15-11-12-17(13-19(15)21)18-9-5-6-10-20(18)22-14-16-7-3-2-4-8-16/h2-13,21H,14H2,1H3. The SMILES string of the molecule is Cc1ccc(-c2ccccc2OCc2ccccc2)cc1O. The fraction of sp³-hybridized carbons (Fsp3) is 0.100. The largest absolute Gasteiger partial charge is 0.508 e. The Morgan fingerprint density at radius 2 is 1.59 bits per heavy atom. The summed E-state index contributed by atoms with van der Waals surface area (Å²) in [5.41, 5.74) is 3.93. The van der Waals surface area contributed by atoms with Crippen LogP contribution in [0.25, 0.3) is 11.1 Å². The van der Waals surface area contributed by atoms with Gasteiger partial charge in [0, 0.05) is 5.56 Å². The number of phenols is 1. The molecule has 3 aromatic carbocycles. The summed E-state index contributed by atoms with van der Waals surface area (Å²) in [6.45, 7) is 2.41. The average molecular weight is 290 g/mol. The van der Waals surface area contributed by atoms with Gasteiger partial charge in [-0.3, -0.25) is 0 Å². The Kier molecular flexibility index (Phi) is 4.10. The molecular formula is C20H18O2. The minimum absolute atomic E-state index is 0.301. The van der Waals surface area contributed by atoms with E-state index >= 15 is 0 Å². The first-order valence-electron chi connectivity index (χ1n) is 7.30. The van der Waals surface area contributed by atoms with Crippen LogP contribution < -0.4 is 4.74 Å². The Morgan fingerprint density at radius 3 is 2.36 bits per heavy atom. The summed E-state index contributed by atoms with van der Waals surface area (Å²) in [7, 11) is 0. The van der Waals surface area contributed by atoms with Gasteiger partial charge in [0.15, 0.2) is 0 Å². The van der Waals surface area contributed by atoms with E-state index in [4.69, 9.17) is 4.74 Å². The Hall–Kier alpha value is -2.74. The van der Waals surface area contributed by atoms with Gasteiger partial charge < -0.3 is 9.84 Å². The van der Waals surface area contributed by atoms with Gasteiger partial charge in [0.05, 0.1) is 0 Å². The lowest BCUT2D eigenvalue weighted by atomic mass is 10.0. The first-order chi connectivity index (χ1) is 10.7. The first-order valence-corrected chi connectivity index (χ1v) is 7.30. The van der Waals surface area contributed by atoms with Crippen LogP contribution in [-0.4, -0.2) is 5.11 Å². The van der Waals surface area contributed by atoms with E-state index in [0.717, 1.165) is 28.0 Å². The quantitative estimate of drug-likeness (QED) is 0.737. The number of rotatable bonds is 4. The number of ether oxygens (including phenoxy) is 1. The van der Waals surface area contributed by atoms with Crippen LogP contribution in [0.3, 0.4) is 0 Å². The lowest BCUT2D eigenvalue weighted by Gasteiger charge is -2.12. The van der Waals surface area contributed by atoms with E-state index in [1.807, 2.05) is 73.7 Å². The van der Waals surface area contributed by atoms with Crippen LogP contribution in [0, 0.1) is 6.92 Å². The molecule has 0 heterocycles. The highest BCUT2D eigenvalue weighted by Gasteiger charge is 2.08. The van der Waals surface area contributed by atoms with Crippen LogP contribution in [0.4, 0.5) is 0 Å². The van der Waals surface area contributed by atoms with Gasteiger partial charge in [0.1, 0.15) is 18.1 Å². The van der Waals surface area contributed by atoms with Gasteiger partial charge in [-0.1, -0.05) is 60.7 Å². The molecule has 0 aromatic heterocycles. The third-order valence-corrected chi connectivity index (χ3v) is 3.64. The second-order valence-electron chi connectivity index (χ2n) is 5.27. The summed E-state index contributed by atoms with van der Waals surface area (Å²) >= 11 is 0. The van der Waals surface area contributed by atoms with E-state index in [1.54, 1.807) is 6.07 Å². The molecule has 0 amide bonds. The second kappa shape index (κ2) is 6.35. The molecule has 22 heavy (non-hydrogen) atoms. The highest BCUT2D eigenvalue weighted by atomic mass is 16.5. The summed E-state index contributed by atoms with van der Waals surface area (Å²) in [5.74, 6) is 1.12. The predicted molar refractivity (Wildman–Crippen MR) is 89.1 cm³/mol. The minimum atomic E-state index is 0.301. The van der Waals surface area contributed by atoms with Crippen molar-refractivity contribution < 1.29 is 9.84 Å². The Bertz CT molecular complexity index is 764. The fourth-order valence-corrected chi connectivity index (χ4v) is 2.34. The maximum Gasteiger partial charge on any atom is 0.127 e. The van der Waals surface area contributed by atoms with Crippen LogP contribution in [0.15, 0.2) is 72.8 Å². The maximum absolute atomic E-state index is 9.92. The Morgan fingerprint density at radius 1 is 0.864 bits per heavy atom. The number of phenolic OH excluding ortho intramolecular Hbond substituents is 1. The molecule has 0 unspecified atom stereocenters.